The maximum Gasteiger partial charge on any atom is 0.243 e. The van der Waals surface area contributed by atoms with E-state index < -0.39 is 20.0 Å². The van der Waals surface area contributed by atoms with Crippen LogP contribution in [0.5, 0.6) is 5.75 Å². The summed E-state index contributed by atoms with van der Waals surface area (Å²) >= 11 is 0. The molecule has 2 fully saturated rings. The van der Waals surface area contributed by atoms with Gasteiger partial charge in [0.05, 0.1) is 22.6 Å². The quantitative estimate of drug-likeness (QED) is 0.476. The molecule has 2 aromatic carbocycles. The summed E-state index contributed by atoms with van der Waals surface area (Å²) in [7, 11) is -5.69. The number of ether oxygens (including phenoxy) is 1. The van der Waals surface area contributed by atoms with E-state index in [2.05, 4.69) is 27.7 Å². The molecule has 2 aliphatic rings. The number of sulfonamides is 2. The Morgan fingerprint density at radius 1 is 0.868 bits per heavy atom. The van der Waals surface area contributed by atoms with Crippen LogP contribution in [0.2, 0.25) is 0 Å². The first-order chi connectivity index (χ1) is 17.9. The number of methoxy groups -OCH3 is 1. The molecular weight excluding hydrogens is 522 g/mol. The second-order valence-electron chi connectivity index (χ2n) is 11.1. The maximum atomic E-state index is 13.4. The Bertz CT molecular complexity index is 1330. The molecule has 38 heavy (non-hydrogen) atoms. The summed E-state index contributed by atoms with van der Waals surface area (Å²) in [5, 5.41) is 0. The number of benzene rings is 2. The highest BCUT2D eigenvalue weighted by Crippen LogP contribution is 2.34. The van der Waals surface area contributed by atoms with Crippen molar-refractivity contribution in [3.63, 3.8) is 0 Å². The molecule has 10 heteroatoms. The molecule has 2 aromatic rings. The summed E-state index contributed by atoms with van der Waals surface area (Å²) in [4.78, 5) is 2.55. The molecule has 0 unspecified atom stereocenters. The zero-order valence-electron chi connectivity index (χ0n) is 23.2. The number of piperidine rings is 1. The monoisotopic (exact) mass is 563 g/mol. The fraction of sp³-hybridized carbons (Fsp3) is 0.571. The normalized spacial score (nSPS) is 20.4. The Balaban J connectivity index is 1.51. The van der Waals surface area contributed by atoms with Crippen LogP contribution in [0.4, 0.5) is 5.69 Å². The molecule has 0 radical (unpaired) electrons. The Morgan fingerprint density at radius 2 is 1.47 bits per heavy atom. The Labute approximate surface area is 228 Å². The highest BCUT2D eigenvalue weighted by atomic mass is 32.2. The molecule has 0 spiro atoms. The molecule has 210 valence electrons. The van der Waals surface area contributed by atoms with Crippen molar-refractivity contribution in [2.75, 3.05) is 51.3 Å². The SMILES string of the molecule is CCC(C)(C)c1ccc(S(=O)(=O)N2CCN(c3cc(S(=O)(=O)N4CCC[C@@H](C)C4)ccc3OC)CC2)cc1. The summed E-state index contributed by atoms with van der Waals surface area (Å²) in [5.74, 6) is 0.905. The maximum absolute atomic E-state index is 13.4. The van der Waals surface area contributed by atoms with Gasteiger partial charge in [-0.15, -0.1) is 0 Å². The molecule has 0 saturated carbocycles. The van der Waals surface area contributed by atoms with Gasteiger partial charge >= 0.3 is 0 Å². The van der Waals surface area contributed by atoms with Crippen LogP contribution in [0, 0.1) is 5.92 Å². The third kappa shape index (κ3) is 5.73. The van der Waals surface area contributed by atoms with Crippen molar-refractivity contribution >= 4 is 25.7 Å². The average molecular weight is 564 g/mol. The summed E-state index contributed by atoms with van der Waals surface area (Å²) in [6.07, 6.45) is 2.86. The van der Waals surface area contributed by atoms with Crippen molar-refractivity contribution in [3.8, 4) is 5.75 Å². The first-order valence-corrected chi connectivity index (χ1v) is 16.3. The van der Waals surface area contributed by atoms with Gasteiger partial charge in [0, 0.05) is 39.3 Å². The van der Waals surface area contributed by atoms with Crippen molar-refractivity contribution in [1.29, 1.82) is 0 Å². The first kappa shape index (κ1) is 28.9. The van der Waals surface area contributed by atoms with Crippen LogP contribution in [-0.2, 0) is 25.5 Å². The van der Waals surface area contributed by atoms with Gasteiger partial charge in [-0.2, -0.15) is 8.61 Å². The second-order valence-corrected chi connectivity index (χ2v) is 15.0. The van der Waals surface area contributed by atoms with Gasteiger partial charge in [-0.25, -0.2) is 16.8 Å². The van der Waals surface area contributed by atoms with E-state index in [1.54, 1.807) is 41.7 Å². The van der Waals surface area contributed by atoms with E-state index in [4.69, 9.17) is 4.74 Å². The number of rotatable bonds is 8. The lowest BCUT2D eigenvalue weighted by Gasteiger charge is -2.36. The van der Waals surface area contributed by atoms with E-state index in [-0.39, 0.29) is 10.3 Å². The smallest absolute Gasteiger partial charge is 0.243 e. The molecule has 0 bridgehead atoms. The Kier molecular flexibility index (Phi) is 8.47. The highest BCUT2D eigenvalue weighted by Gasteiger charge is 2.32. The predicted molar refractivity (Wildman–Crippen MR) is 151 cm³/mol. The van der Waals surface area contributed by atoms with Crippen LogP contribution in [0.3, 0.4) is 0 Å². The first-order valence-electron chi connectivity index (χ1n) is 13.4. The number of hydrogen-bond donors (Lipinski definition) is 0. The molecule has 0 aromatic heterocycles. The number of hydrogen-bond acceptors (Lipinski definition) is 6. The summed E-state index contributed by atoms with van der Waals surface area (Å²) in [5.41, 5.74) is 1.77. The fourth-order valence-electron chi connectivity index (χ4n) is 5.19. The minimum atomic E-state index is -3.63. The molecule has 0 N–H and O–H groups in total. The van der Waals surface area contributed by atoms with Crippen LogP contribution in [0.25, 0.3) is 0 Å². The van der Waals surface area contributed by atoms with E-state index in [1.165, 1.54) is 4.31 Å². The molecule has 1 atom stereocenters. The lowest BCUT2D eigenvalue weighted by Crippen LogP contribution is -2.48. The summed E-state index contributed by atoms with van der Waals surface area (Å²) < 4.78 is 62.2. The fourth-order valence-corrected chi connectivity index (χ4v) is 8.23. The van der Waals surface area contributed by atoms with Gasteiger partial charge in [0.15, 0.2) is 0 Å². The topological polar surface area (TPSA) is 87.2 Å². The van der Waals surface area contributed by atoms with Gasteiger partial charge in [0.25, 0.3) is 0 Å². The largest absolute Gasteiger partial charge is 0.495 e. The standard InChI is InChI=1S/C28H41N3O5S2/c1-6-28(3,4)23-9-11-24(12-10-23)37(32,33)30-18-16-29(17-19-30)26-20-25(13-14-27(26)36-5)38(34,35)31-15-7-8-22(2)21-31/h9-14,20,22H,6-8,15-19,21H2,1-5H3/t22-/m1/s1. The number of anilines is 1. The molecule has 8 nitrogen and oxygen atoms in total. The van der Waals surface area contributed by atoms with Crippen LogP contribution in [0.15, 0.2) is 52.3 Å². The van der Waals surface area contributed by atoms with Crippen LogP contribution in [-0.4, -0.2) is 71.8 Å². The number of piperazine rings is 1. The third-order valence-corrected chi connectivity index (χ3v) is 11.9. The van der Waals surface area contributed by atoms with E-state index in [0.29, 0.717) is 61.5 Å². The molecule has 2 saturated heterocycles. The average Bonchev–Trinajstić information content (AvgIpc) is 2.92. The van der Waals surface area contributed by atoms with Crippen molar-refractivity contribution in [2.24, 2.45) is 5.92 Å². The molecule has 0 aliphatic carbocycles. The summed E-state index contributed by atoms with van der Waals surface area (Å²) in [6.45, 7) is 11.0. The van der Waals surface area contributed by atoms with Crippen LogP contribution in [0.1, 0.15) is 52.5 Å². The van der Waals surface area contributed by atoms with E-state index in [9.17, 15) is 16.8 Å². The molecular formula is C28H41N3O5S2. The van der Waals surface area contributed by atoms with E-state index >= 15 is 0 Å². The number of nitrogens with zero attached hydrogens (tertiary/aromatic N) is 3. The van der Waals surface area contributed by atoms with Crippen molar-refractivity contribution < 1.29 is 21.6 Å². The van der Waals surface area contributed by atoms with Crippen molar-refractivity contribution in [2.45, 2.75) is 62.2 Å². The lowest BCUT2D eigenvalue weighted by atomic mass is 9.82. The van der Waals surface area contributed by atoms with Gasteiger partial charge in [0.2, 0.25) is 20.0 Å². The Hall–Kier alpha value is -2.14. The van der Waals surface area contributed by atoms with E-state index in [0.717, 1.165) is 24.8 Å². The molecule has 2 aliphatic heterocycles. The third-order valence-electron chi connectivity index (χ3n) is 8.14. The molecule has 4 rings (SSSR count). The second kappa shape index (κ2) is 11.2. The zero-order valence-corrected chi connectivity index (χ0v) is 24.8. The van der Waals surface area contributed by atoms with Gasteiger partial charge in [-0.05, 0) is 66.5 Å². The predicted octanol–water partition coefficient (Wildman–Crippen LogP) is 4.31. The van der Waals surface area contributed by atoms with Crippen LogP contribution >= 0.6 is 0 Å². The van der Waals surface area contributed by atoms with E-state index in [1.807, 2.05) is 17.0 Å². The minimum absolute atomic E-state index is 0.0127. The Morgan fingerprint density at radius 3 is 2.05 bits per heavy atom. The van der Waals surface area contributed by atoms with Crippen molar-refractivity contribution in [1.82, 2.24) is 8.61 Å². The molecule has 0 amide bonds. The molecule has 2 heterocycles. The van der Waals surface area contributed by atoms with Gasteiger partial charge in [-0.1, -0.05) is 39.8 Å². The highest BCUT2D eigenvalue weighted by molar-refractivity contribution is 7.89. The van der Waals surface area contributed by atoms with Crippen molar-refractivity contribution in [3.05, 3.63) is 48.0 Å². The van der Waals surface area contributed by atoms with Gasteiger partial charge in [-0.3, -0.25) is 0 Å². The minimum Gasteiger partial charge on any atom is -0.495 e. The lowest BCUT2D eigenvalue weighted by molar-refractivity contribution is 0.281. The van der Waals surface area contributed by atoms with Gasteiger partial charge in [0.1, 0.15) is 5.75 Å². The summed E-state index contributed by atoms with van der Waals surface area (Å²) in [6, 6.07) is 12.2. The van der Waals surface area contributed by atoms with Crippen LogP contribution < -0.4 is 9.64 Å². The zero-order chi connectivity index (χ0) is 27.7. The van der Waals surface area contributed by atoms with Gasteiger partial charge < -0.3 is 9.64 Å².